The summed E-state index contributed by atoms with van der Waals surface area (Å²) in [6, 6.07) is 5.35. The molecule has 0 atom stereocenters. The summed E-state index contributed by atoms with van der Waals surface area (Å²) in [6.45, 7) is 1.05. The Morgan fingerprint density at radius 3 is 3.11 bits per heavy atom. The van der Waals surface area contributed by atoms with Crippen molar-refractivity contribution >= 4 is 17.5 Å². The van der Waals surface area contributed by atoms with E-state index in [2.05, 4.69) is 4.98 Å². The van der Waals surface area contributed by atoms with Crippen molar-refractivity contribution in [1.29, 1.82) is 5.26 Å². The Bertz CT molecular complexity index is 480. The van der Waals surface area contributed by atoms with Crippen LogP contribution in [0.2, 0.25) is 0 Å². The third-order valence-corrected chi connectivity index (χ3v) is 2.87. The van der Waals surface area contributed by atoms with Gasteiger partial charge in [0, 0.05) is 18.5 Å². The average molecular weight is 266 g/mol. The van der Waals surface area contributed by atoms with Gasteiger partial charge in [-0.2, -0.15) is 5.26 Å². The second-order valence-corrected chi connectivity index (χ2v) is 4.32. The molecule has 0 bridgehead atoms. The molecule has 94 valence electrons. The van der Waals surface area contributed by atoms with Gasteiger partial charge in [0.05, 0.1) is 13.1 Å². The molecule has 2 rings (SSSR count). The first kappa shape index (κ1) is 12.7. The SMILES string of the molecule is N#Cc1cccnc1OC1CN(C(=O)CCCl)C1. The average Bonchev–Trinajstić information content (AvgIpc) is 2.33. The molecule has 6 heteroatoms. The predicted octanol–water partition coefficient (Wildman–Crippen LogP) is 1.17. The van der Waals surface area contributed by atoms with Gasteiger partial charge in [-0.3, -0.25) is 4.79 Å². The van der Waals surface area contributed by atoms with Crippen molar-refractivity contribution in [1.82, 2.24) is 9.88 Å². The highest BCUT2D eigenvalue weighted by atomic mass is 35.5. The lowest BCUT2D eigenvalue weighted by molar-refractivity contribution is -0.139. The van der Waals surface area contributed by atoms with E-state index in [0.29, 0.717) is 36.8 Å². The van der Waals surface area contributed by atoms with Crippen LogP contribution in [0.5, 0.6) is 5.88 Å². The molecule has 2 heterocycles. The van der Waals surface area contributed by atoms with Crippen LogP contribution in [0.4, 0.5) is 0 Å². The summed E-state index contributed by atoms with van der Waals surface area (Å²) < 4.78 is 5.57. The Labute approximate surface area is 110 Å². The molecule has 0 aromatic carbocycles. The number of carbonyl (C=O) groups is 1. The summed E-state index contributed by atoms with van der Waals surface area (Å²) in [5.74, 6) is 0.695. The number of hydrogen-bond acceptors (Lipinski definition) is 4. The van der Waals surface area contributed by atoms with Gasteiger partial charge in [0.1, 0.15) is 17.7 Å². The summed E-state index contributed by atoms with van der Waals surface area (Å²) in [5, 5.41) is 8.88. The zero-order valence-electron chi connectivity index (χ0n) is 9.67. The molecule has 1 fully saturated rings. The van der Waals surface area contributed by atoms with Crippen molar-refractivity contribution in [3.63, 3.8) is 0 Å². The molecule has 0 radical (unpaired) electrons. The van der Waals surface area contributed by atoms with Gasteiger partial charge < -0.3 is 9.64 Å². The molecule has 18 heavy (non-hydrogen) atoms. The summed E-state index contributed by atoms with van der Waals surface area (Å²) in [4.78, 5) is 17.2. The standard InChI is InChI=1S/C12H12ClN3O2/c13-4-3-11(17)16-7-10(8-16)18-12-9(6-14)2-1-5-15-12/h1-2,5,10H,3-4,7-8H2. The normalized spacial score (nSPS) is 14.8. The molecular weight excluding hydrogens is 254 g/mol. The van der Waals surface area contributed by atoms with Gasteiger partial charge in [0.2, 0.25) is 11.8 Å². The number of nitrogens with zero attached hydrogens (tertiary/aromatic N) is 3. The smallest absolute Gasteiger partial charge is 0.232 e. The van der Waals surface area contributed by atoms with Crippen LogP contribution in [-0.4, -0.2) is 40.9 Å². The van der Waals surface area contributed by atoms with Gasteiger partial charge in [0.25, 0.3) is 0 Å². The lowest BCUT2D eigenvalue weighted by atomic mass is 10.1. The quantitative estimate of drug-likeness (QED) is 0.767. The topological polar surface area (TPSA) is 66.2 Å². The van der Waals surface area contributed by atoms with Gasteiger partial charge in [-0.05, 0) is 12.1 Å². The maximum absolute atomic E-state index is 11.5. The molecule has 1 aliphatic rings. The summed E-state index contributed by atoms with van der Waals surface area (Å²) in [7, 11) is 0. The molecule has 0 aliphatic carbocycles. The van der Waals surface area contributed by atoms with Crippen molar-refractivity contribution in [2.75, 3.05) is 19.0 Å². The van der Waals surface area contributed by atoms with Gasteiger partial charge in [-0.15, -0.1) is 11.6 Å². The molecule has 0 spiro atoms. The number of carbonyl (C=O) groups excluding carboxylic acids is 1. The fraction of sp³-hybridized carbons (Fsp3) is 0.417. The first-order chi connectivity index (χ1) is 8.74. The second kappa shape index (κ2) is 5.69. The number of ether oxygens (including phenoxy) is 1. The first-order valence-electron chi connectivity index (χ1n) is 5.60. The maximum Gasteiger partial charge on any atom is 0.232 e. The van der Waals surface area contributed by atoms with E-state index < -0.39 is 0 Å². The number of amides is 1. The Kier molecular flexibility index (Phi) is 4.00. The van der Waals surface area contributed by atoms with E-state index in [0.717, 1.165) is 0 Å². The molecular formula is C12H12ClN3O2. The lowest BCUT2D eigenvalue weighted by Gasteiger charge is -2.38. The van der Waals surface area contributed by atoms with Crippen LogP contribution in [-0.2, 0) is 4.79 Å². The summed E-state index contributed by atoms with van der Waals surface area (Å²) in [6.07, 6.45) is 1.83. The highest BCUT2D eigenvalue weighted by molar-refractivity contribution is 6.18. The third-order valence-electron chi connectivity index (χ3n) is 2.68. The van der Waals surface area contributed by atoms with Gasteiger partial charge in [-0.25, -0.2) is 4.98 Å². The van der Waals surface area contributed by atoms with Crippen LogP contribution in [0.1, 0.15) is 12.0 Å². The van der Waals surface area contributed by atoms with Crippen LogP contribution < -0.4 is 4.74 Å². The highest BCUT2D eigenvalue weighted by Gasteiger charge is 2.32. The molecule has 1 aliphatic heterocycles. The van der Waals surface area contributed by atoms with E-state index in [4.69, 9.17) is 21.6 Å². The predicted molar refractivity (Wildman–Crippen MR) is 65.3 cm³/mol. The molecule has 1 aromatic rings. The van der Waals surface area contributed by atoms with Crippen molar-refractivity contribution in [2.45, 2.75) is 12.5 Å². The number of alkyl halides is 1. The Hall–Kier alpha value is -1.80. The Morgan fingerprint density at radius 1 is 1.67 bits per heavy atom. The van der Waals surface area contributed by atoms with E-state index in [1.54, 1.807) is 23.2 Å². The van der Waals surface area contributed by atoms with Gasteiger partial charge in [-0.1, -0.05) is 0 Å². The monoisotopic (exact) mass is 265 g/mol. The first-order valence-corrected chi connectivity index (χ1v) is 6.13. The van der Waals surface area contributed by atoms with E-state index >= 15 is 0 Å². The highest BCUT2D eigenvalue weighted by Crippen LogP contribution is 2.19. The van der Waals surface area contributed by atoms with Crippen molar-refractivity contribution in [3.8, 4) is 11.9 Å². The minimum Gasteiger partial charge on any atom is -0.470 e. The van der Waals surface area contributed by atoms with E-state index in [1.165, 1.54) is 0 Å². The minimum absolute atomic E-state index is 0.0337. The van der Waals surface area contributed by atoms with E-state index in [-0.39, 0.29) is 12.0 Å². The van der Waals surface area contributed by atoms with Crippen molar-refractivity contribution < 1.29 is 9.53 Å². The summed E-state index contributed by atoms with van der Waals surface area (Å²) >= 11 is 5.50. The zero-order chi connectivity index (χ0) is 13.0. The van der Waals surface area contributed by atoms with Crippen LogP contribution >= 0.6 is 11.6 Å². The fourth-order valence-corrected chi connectivity index (χ4v) is 1.84. The minimum atomic E-state index is -0.0914. The van der Waals surface area contributed by atoms with Gasteiger partial charge >= 0.3 is 0 Å². The largest absolute Gasteiger partial charge is 0.470 e. The number of likely N-dealkylation sites (tertiary alicyclic amines) is 1. The van der Waals surface area contributed by atoms with Crippen LogP contribution in [0, 0.1) is 11.3 Å². The van der Waals surface area contributed by atoms with Crippen molar-refractivity contribution in [3.05, 3.63) is 23.9 Å². The number of rotatable bonds is 4. The number of pyridine rings is 1. The van der Waals surface area contributed by atoms with Crippen LogP contribution in [0.25, 0.3) is 0 Å². The second-order valence-electron chi connectivity index (χ2n) is 3.95. The van der Waals surface area contributed by atoms with E-state index in [9.17, 15) is 4.79 Å². The Morgan fingerprint density at radius 2 is 2.44 bits per heavy atom. The summed E-state index contributed by atoms with van der Waals surface area (Å²) in [5.41, 5.74) is 0.406. The molecule has 1 amide bonds. The van der Waals surface area contributed by atoms with E-state index in [1.807, 2.05) is 6.07 Å². The number of nitriles is 1. The molecule has 1 saturated heterocycles. The number of aromatic nitrogens is 1. The van der Waals surface area contributed by atoms with Crippen LogP contribution in [0.3, 0.4) is 0 Å². The number of halogens is 1. The lowest BCUT2D eigenvalue weighted by Crippen LogP contribution is -2.56. The fourth-order valence-electron chi connectivity index (χ4n) is 1.68. The Balaban J connectivity index is 1.87. The molecule has 0 saturated carbocycles. The number of hydrogen-bond donors (Lipinski definition) is 0. The van der Waals surface area contributed by atoms with Crippen molar-refractivity contribution in [2.24, 2.45) is 0 Å². The maximum atomic E-state index is 11.5. The third kappa shape index (κ3) is 2.71. The zero-order valence-corrected chi connectivity index (χ0v) is 10.4. The molecule has 1 aromatic heterocycles. The van der Waals surface area contributed by atoms with Crippen LogP contribution in [0.15, 0.2) is 18.3 Å². The molecule has 0 unspecified atom stereocenters. The molecule has 0 N–H and O–H groups in total. The van der Waals surface area contributed by atoms with Gasteiger partial charge in [0.15, 0.2) is 0 Å². The molecule has 5 nitrogen and oxygen atoms in total.